The normalized spacial score (nSPS) is 9.64. The molecule has 0 aliphatic heterocycles. The maximum Gasteiger partial charge on any atom is 0.323 e. The summed E-state index contributed by atoms with van der Waals surface area (Å²) in [5, 5.41) is 35.7. The maximum atomic E-state index is 12.9. The molecule has 0 heterocycles. The van der Waals surface area contributed by atoms with E-state index in [9.17, 15) is 38.6 Å². The monoisotopic (exact) mass is 1210 g/mol. The van der Waals surface area contributed by atoms with Gasteiger partial charge in [0.2, 0.25) is 6.08 Å². The number of nitro benzene ring substituents is 2. The van der Waals surface area contributed by atoms with Crippen LogP contribution in [-0.2, 0) is 29.9 Å². The summed E-state index contributed by atoms with van der Waals surface area (Å²) >= 11 is 3.36. The van der Waals surface area contributed by atoms with Crippen molar-refractivity contribution in [3.63, 3.8) is 0 Å². The van der Waals surface area contributed by atoms with Crippen molar-refractivity contribution in [3.05, 3.63) is 321 Å². The van der Waals surface area contributed by atoms with Crippen molar-refractivity contribution >= 4 is 62.2 Å². The van der Waals surface area contributed by atoms with Gasteiger partial charge in [-0.3, -0.25) is 20.2 Å². The predicted molar refractivity (Wildman–Crippen MR) is 330 cm³/mol. The molecule has 85 heavy (non-hydrogen) atoms. The van der Waals surface area contributed by atoms with Gasteiger partial charge in [0.15, 0.2) is 0 Å². The predicted octanol–water partition coefficient (Wildman–Crippen LogP) is 16.7. The highest BCUT2D eigenvalue weighted by Gasteiger charge is 2.08. The van der Waals surface area contributed by atoms with E-state index in [1.54, 1.807) is 30.3 Å². The number of aliphatic imine (C=N–C) groups is 1. The molecule has 0 aliphatic rings. The van der Waals surface area contributed by atoms with Crippen LogP contribution in [0.5, 0.6) is 23.0 Å². The quantitative estimate of drug-likeness (QED) is 0.0188. The molecule has 0 spiro atoms. The van der Waals surface area contributed by atoms with Crippen LogP contribution in [0.25, 0.3) is 0 Å². The summed E-state index contributed by atoms with van der Waals surface area (Å²) in [5.41, 5.74) is 12.4. The molecule has 5 N–H and O–H groups in total. The lowest BCUT2D eigenvalue weighted by molar-refractivity contribution is -0.385. The van der Waals surface area contributed by atoms with Crippen LogP contribution in [0.4, 0.5) is 47.7 Å². The first kappa shape index (κ1) is 64.8. The number of carbonyl (C=O) groups is 1. The summed E-state index contributed by atoms with van der Waals surface area (Å²) in [6.07, 6.45) is 1.36. The number of non-ortho nitro benzene ring substituents is 2. The third kappa shape index (κ3) is 26.9. The lowest BCUT2D eigenvalue weighted by atomic mass is 10.2. The summed E-state index contributed by atoms with van der Waals surface area (Å²) < 4.78 is 41.9. The molecular formula is C66H57BrF2N6O10. The number of nitrogens with zero attached hydrogens (tertiary/aromatic N) is 3. The maximum absolute atomic E-state index is 12.9. The first-order valence-corrected chi connectivity index (χ1v) is 26.8. The van der Waals surface area contributed by atoms with E-state index in [1.807, 2.05) is 140 Å². The number of alkyl halides is 1. The molecule has 0 radical (unpaired) electrons. The molecule has 0 atom stereocenters. The number of nitrogen functional groups attached to an aromatic ring is 1. The summed E-state index contributed by atoms with van der Waals surface area (Å²) in [4.78, 5) is 44.6. The summed E-state index contributed by atoms with van der Waals surface area (Å²) in [6.45, 7) is 1.43. The molecule has 0 aliphatic carbocycles. The molecular weight excluding hydrogens is 1150 g/mol. The van der Waals surface area contributed by atoms with Gasteiger partial charge in [0.05, 0.1) is 27.7 Å². The van der Waals surface area contributed by atoms with Crippen LogP contribution in [-0.4, -0.2) is 27.1 Å². The zero-order valence-corrected chi connectivity index (χ0v) is 47.0. The van der Waals surface area contributed by atoms with Crippen molar-refractivity contribution in [2.75, 3.05) is 16.4 Å². The topological polar surface area (TPSA) is 231 Å². The van der Waals surface area contributed by atoms with E-state index in [0.717, 1.165) is 39.5 Å². The van der Waals surface area contributed by atoms with Crippen molar-refractivity contribution in [3.8, 4) is 23.0 Å². The number of benzene rings is 10. The number of nitro groups is 2. The standard InChI is InChI=1S/C20H17FN2O2.C13H11NO3.C13H13NO.C7H7Br.C7H4FNO.C6H5NO3/c21-16-9-11-17(12-10-16)22-20(24)23-18-7-4-8-19(13-18)25-14-15-5-2-1-3-6-15;15-14(16)12-7-4-8-13(9-12)17-10-11-5-2-1-3-6-11;14-12-7-4-8-13(9-12)15-10-11-5-2-1-3-6-11;8-6-7-4-2-1-3-5-7;8-6-1-3-7(4-2-6)9-5-10;8-6-3-1-2-5(4-6)7(9)10/h1-13H,14H2,(H2,22,23,24);1-9H,10H2;1-9H,10,14H2;1-5H,6H2;1-4H;1-4,8H. The van der Waals surface area contributed by atoms with Gasteiger partial charge in [-0.25, -0.2) is 18.4 Å². The van der Waals surface area contributed by atoms with Crippen LogP contribution in [0.3, 0.4) is 0 Å². The molecule has 0 bridgehead atoms. The summed E-state index contributed by atoms with van der Waals surface area (Å²) in [7, 11) is 0. The fraction of sp³-hybridized carbons (Fsp3) is 0.0606. The average molecular weight is 1210 g/mol. The second-order valence-electron chi connectivity index (χ2n) is 17.3. The van der Waals surface area contributed by atoms with Gasteiger partial charge >= 0.3 is 6.03 Å². The number of phenols is 1. The van der Waals surface area contributed by atoms with Crippen LogP contribution < -0.4 is 30.6 Å². The van der Waals surface area contributed by atoms with Crippen molar-refractivity contribution in [1.82, 2.24) is 0 Å². The molecule has 19 heteroatoms. The Hall–Kier alpha value is -11.0. The van der Waals surface area contributed by atoms with Gasteiger partial charge < -0.3 is 35.7 Å². The van der Waals surface area contributed by atoms with E-state index < -0.39 is 15.9 Å². The molecule has 10 aromatic rings. The van der Waals surface area contributed by atoms with E-state index in [2.05, 4.69) is 43.7 Å². The number of ether oxygens (including phenoxy) is 3. The smallest absolute Gasteiger partial charge is 0.323 e. The Balaban J connectivity index is 0.000000195. The first-order valence-electron chi connectivity index (χ1n) is 25.7. The number of amides is 2. The third-order valence-electron chi connectivity index (χ3n) is 10.9. The fourth-order valence-electron chi connectivity index (χ4n) is 6.75. The number of hydrogen-bond acceptors (Lipinski definition) is 12. The Morgan fingerprint density at radius 2 is 0.894 bits per heavy atom. The first-order chi connectivity index (χ1) is 41.2. The average Bonchev–Trinajstić information content (AvgIpc) is 3.60. The molecule has 0 fully saturated rings. The molecule has 432 valence electrons. The Labute approximate surface area is 497 Å². The van der Waals surface area contributed by atoms with Gasteiger partial charge in [-0.1, -0.05) is 162 Å². The minimum atomic E-state index is -0.556. The second-order valence-corrected chi connectivity index (χ2v) is 17.9. The number of halogens is 3. The minimum Gasteiger partial charge on any atom is -0.508 e. The Morgan fingerprint density at radius 1 is 0.494 bits per heavy atom. The van der Waals surface area contributed by atoms with Crippen LogP contribution >= 0.6 is 15.9 Å². The number of anilines is 3. The zero-order chi connectivity index (χ0) is 60.9. The van der Waals surface area contributed by atoms with Gasteiger partial charge in [-0.05, 0) is 107 Å². The highest BCUT2D eigenvalue weighted by Crippen LogP contribution is 2.22. The Kier molecular flexibility index (Phi) is 28.3. The number of carbonyl (C=O) groups excluding carboxylic acids is 2. The SMILES string of the molecule is BrCc1ccccc1.Nc1cccc(OCc2ccccc2)c1.O=C(Nc1ccc(F)cc1)Nc1cccc(OCc2ccccc2)c1.O=C=Nc1ccc(F)cc1.O=[N+]([O-])c1cccc(O)c1.O=[N+]([O-])c1cccc(OCc2ccccc2)c1. The van der Waals surface area contributed by atoms with Gasteiger partial charge in [0.1, 0.15) is 54.5 Å². The molecule has 10 rings (SSSR count). The molecule has 10 aromatic carbocycles. The van der Waals surface area contributed by atoms with E-state index >= 15 is 0 Å². The largest absolute Gasteiger partial charge is 0.508 e. The van der Waals surface area contributed by atoms with Gasteiger partial charge in [0.25, 0.3) is 11.4 Å². The minimum absolute atomic E-state index is 0.0376. The second kappa shape index (κ2) is 37.1. The fourth-order valence-corrected chi connectivity index (χ4v) is 7.12. The van der Waals surface area contributed by atoms with E-state index in [-0.39, 0.29) is 28.8 Å². The van der Waals surface area contributed by atoms with E-state index in [4.69, 9.17) is 25.1 Å². The summed E-state index contributed by atoms with van der Waals surface area (Å²) in [5.74, 6) is 1.18. The number of rotatable bonds is 15. The third-order valence-corrected chi connectivity index (χ3v) is 11.5. The number of phenolic OH excluding ortho intramolecular Hbond substituents is 1. The molecule has 0 saturated carbocycles. The van der Waals surface area contributed by atoms with Crippen molar-refractivity contribution in [1.29, 1.82) is 0 Å². The Bertz CT molecular complexity index is 3630. The molecule has 16 nitrogen and oxygen atoms in total. The number of hydrogen-bond donors (Lipinski definition) is 4. The number of urea groups is 1. The van der Waals surface area contributed by atoms with Crippen molar-refractivity contribution < 1.29 is 47.5 Å². The van der Waals surface area contributed by atoms with Gasteiger partial charge in [-0.2, -0.15) is 4.99 Å². The Morgan fingerprint density at radius 3 is 1.32 bits per heavy atom. The number of aromatic hydroxyl groups is 1. The van der Waals surface area contributed by atoms with Gasteiger partial charge in [0, 0.05) is 46.7 Å². The van der Waals surface area contributed by atoms with Crippen LogP contribution in [0.2, 0.25) is 0 Å². The van der Waals surface area contributed by atoms with Crippen LogP contribution in [0.15, 0.2) is 272 Å². The molecule has 0 unspecified atom stereocenters. The number of isocyanates is 1. The zero-order valence-electron chi connectivity index (χ0n) is 45.4. The highest BCUT2D eigenvalue weighted by atomic mass is 79.9. The van der Waals surface area contributed by atoms with Crippen molar-refractivity contribution in [2.24, 2.45) is 4.99 Å². The van der Waals surface area contributed by atoms with Crippen molar-refractivity contribution in [2.45, 2.75) is 25.2 Å². The molecule has 2 amide bonds. The lowest BCUT2D eigenvalue weighted by Crippen LogP contribution is -2.19. The number of nitrogens with two attached hydrogens (primary N) is 1. The van der Waals surface area contributed by atoms with Gasteiger partial charge in [-0.15, -0.1) is 0 Å². The van der Waals surface area contributed by atoms with Crippen LogP contribution in [0.1, 0.15) is 22.3 Å². The summed E-state index contributed by atoms with van der Waals surface area (Å²) in [6, 6.07) is 76.2. The highest BCUT2D eigenvalue weighted by molar-refractivity contribution is 9.08. The van der Waals surface area contributed by atoms with E-state index in [1.165, 1.54) is 90.5 Å². The van der Waals surface area contributed by atoms with E-state index in [0.29, 0.717) is 48.4 Å². The molecule has 0 aromatic heterocycles. The number of nitrogens with one attached hydrogen (secondary N) is 2. The van der Waals surface area contributed by atoms with Crippen LogP contribution in [0, 0.1) is 31.9 Å². The molecule has 0 saturated heterocycles. The lowest BCUT2D eigenvalue weighted by Gasteiger charge is -2.10.